The van der Waals surface area contributed by atoms with Gasteiger partial charge in [-0.25, -0.2) is 9.97 Å². The van der Waals surface area contributed by atoms with Crippen LogP contribution in [-0.4, -0.2) is 39.9 Å². The monoisotopic (exact) mass is 248 g/mol. The van der Waals surface area contributed by atoms with Crippen LogP contribution in [0.25, 0.3) is 0 Å². The Morgan fingerprint density at radius 2 is 2.33 bits per heavy atom. The van der Waals surface area contributed by atoms with Crippen LogP contribution in [0.15, 0.2) is 12.5 Å². The summed E-state index contributed by atoms with van der Waals surface area (Å²) in [6.45, 7) is 5.46. The first-order valence-corrected chi connectivity index (χ1v) is 6.44. The lowest BCUT2D eigenvalue weighted by Crippen LogP contribution is -2.46. The van der Waals surface area contributed by atoms with Crippen LogP contribution in [0.3, 0.4) is 0 Å². The molecule has 1 aliphatic rings. The lowest BCUT2D eigenvalue weighted by Gasteiger charge is -2.31. The first-order chi connectivity index (χ1) is 8.59. The lowest BCUT2D eigenvalue weighted by molar-refractivity contribution is 0.0706. The molecular weight excluding hydrogens is 228 g/mol. The van der Waals surface area contributed by atoms with Crippen molar-refractivity contribution in [2.45, 2.75) is 38.6 Å². The average Bonchev–Trinajstić information content (AvgIpc) is 2.38. The number of carbonyl (C=O) groups excluding carboxylic acids is 1. The zero-order valence-corrected chi connectivity index (χ0v) is 11.0. The van der Waals surface area contributed by atoms with Crippen molar-refractivity contribution in [2.24, 2.45) is 5.73 Å². The molecule has 98 valence electrons. The van der Waals surface area contributed by atoms with Gasteiger partial charge in [0.1, 0.15) is 6.33 Å². The summed E-state index contributed by atoms with van der Waals surface area (Å²) in [5, 5.41) is 0. The molecule has 0 aromatic carbocycles. The number of likely N-dealkylation sites (tertiary alicyclic amines) is 1. The number of rotatable bonds is 2. The number of hydrogen-bond acceptors (Lipinski definition) is 4. The third-order valence-electron chi connectivity index (χ3n) is 3.27. The number of amides is 1. The molecule has 5 nitrogen and oxygen atoms in total. The van der Waals surface area contributed by atoms with Gasteiger partial charge in [-0.05, 0) is 18.8 Å². The van der Waals surface area contributed by atoms with Crippen molar-refractivity contribution in [1.82, 2.24) is 14.9 Å². The number of piperidine rings is 1. The van der Waals surface area contributed by atoms with E-state index in [2.05, 4.69) is 9.97 Å². The molecule has 2 rings (SSSR count). The molecule has 1 fully saturated rings. The normalized spacial score (nSPS) is 20.2. The Labute approximate surface area is 107 Å². The summed E-state index contributed by atoms with van der Waals surface area (Å²) >= 11 is 0. The third-order valence-corrected chi connectivity index (χ3v) is 3.27. The average molecular weight is 248 g/mol. The topological polar surface area (TPSA) is 72.1 Å². The number of nitrogens with two attached hydrogens (primary N) is 1. The molecule has 0 saturated carbocycles. The summed E-state index contributed by atoms with van der Waals surface area (Å²) in [6, 6.07) is 0.0924. The fourth-order valence-electron chi connectivity index (χ4n) is 2.33. The second-order valence-electron chi connectivity index (χ2n) is 5.13. The highest BCUT2D eigenvalue weighted by atomic mass is 16.2. The van der Waals surface area contributed by atoms with Gasteiger partial charge < -0.3 is 10.6 Å². The first-order valence-electron chi connectivity index (χ1n) is 6.44. The second kappa shape index (κ2) is 5.44. The summed E-state index contributed by atoms with van der Waals surface area (Å²) in [7, 11) is 0. The van der Waals surface area contributed by atoms with E-state index < -0.39 is 0 Å². The van der Waals surface area contributed by atoms with Crippen LogP contribution in [-0.2, 0) is 0 Å². The fraction of sp³-hybridized carbons (Fsp3) is 0.615. The molecule has 1 aliphatic heterocycles. The standard InChI is InChI=1S/C13H20N4O/c1-9(2)12-11(6-15-8-16-12)13(18)17-5-3-4-10(14)7-17/h6,8-10H,3-5,7,14H2,1-2H3/t10-/m1/s1. The Balaban J connectivity index is 2.23. The van der Waals surface area contributed by atoms with E-state index in [0.717, 1.165) is 25.1 Å². The van der Waals surface area contributed by atoms with Gasteiger partial charge in [0.15, 0.2) is 0 Å². The van der Waals surface area contributed by atoms with Crippen LogP contribution in [0.2, 0.25) is 0 Å². The molecule has 5 heteroatoms. The number of carbonyl (C=O) groups is 1. The predicted octanol–water partition coefficient (Wildman–Crippen LogP) is 1.16. The predicted molar refractivity (Wildman–Crippen MR) is 69.2 cm³/mol. The summed E-state index contributed by atoms with van der Waals surface area (Å²) in [4.78, 5) is 22.5. The largest absolute Gasteiger partial charge is 0.337 e. The maximum atomic E-state index is 12.5. The molecule has 0 spiro atoms. The minimum Gasteiger partial charge on any atom is -0.337 e. The van der Waals surface area contributed by atoms with Crippen LogP contribution in [0.4, 0.5) is 0 Å². The molecule has 1 aromatic heterocycles. The summed E-state index contributed by atoms with van der Waals surface area (Å²) in [5.41, 5.74) is 7.34. The van der Waals surface area contributed by atoms with Gasteiger partial charge in [-0.15, -0.1) is 0 Å². The lowest BCUT2D eigenvalue weighted by atomic mass is 10.0. The van der Waals surface area contributed by atoms with Gasteiger partial charge in [-0.3, -0.25) is 4.79 Å². The van der Waals surface area contributed by atoms with E-state index in [0.29, 0.717) is 12.1 Å². The van der Waals surface area contributed by atoms with Gasteiger partial charge in [-0.1, -0.05) is 13.8 Å². The van der Waals surface area contributed by atoms with E-state index in [9.17, 15) is 4.79 Å². The van der Waals surface area contributed by atoms with Gasteiger partial charge in [0.25, 0.3) is 5.91 Å². The number of hydrogen-bond donors (Lipinski definition) is 1. The molecule has 2 heterocycles. The smallest absolute Gasteiger partial charge is 0.257 e. The van der Waals surface area contributed by atoms with Crippen LogP contribution in [0.5, 0.6) is 0 Å². The molecule has 0 radical (unpaired) electrons. The minimum atomic E-state index is 0.00875. The van der Waals surface area contributed by atoms with E-state index in [1.54, 1.807) is 6.20 Å². The van der Waals surface area contributed by atoms with E-state index in [-0.39, 0.29) is 17.9 Å². The SMILES string of the molecule is CC(C)c1ncncc1C(=O)N1CCC[C@@H](N)C1. The molecule has 1 amide bonds. The molecule has 1 atom stereocenters. The molecular formula is C13H20N4O. The maximum Gasteiger partial charge on any atom is 0.257 e. The van der Waals surface area contributed by atoms with Crippen molar-refractivity contribution in [2.75, 3.05) is 13.1 Å². The van der Waals surface area contributed by atoms with Gasteiger partial charge in [0.05, 0.1) is 11.3 Å². The van der Waals surface area contributed by atoms with Crippen molar-refractivity contribution in [3.63, 3.8) is 0 Å². The maximum absolute atomic E-state index is 12.5. The van der Waals surface area contributed by atoms with E-state index in [1.165, 1.54) is 6.33 Å². The molecule has 2 N–H and O–H groups in total. The van der Waals surface area contributed by atoms with Crippen molar-refractivity contribution in [3.8, 4) is 0 Å². The summed E-state index contributed by atoms with van der Waals surface area (Å²) < 4.78 is 0. The van der Waals surface area contributed by atoms with Crippen molar-refractivity contribution in [3.05, 3.63) is 23.8 Å². The number of nitrogens with zero attached hydrogens (tertiary/aromatic N) is 3. The first kappa shape index (κ1) is 13.0. The molecule has 0 bridgehead atoms. The molecule has 1 saturated heterocycles. The minimum absolute atomic E-state index is 0.00875. The second-order valence-corrected chi connectivity index (χ2v) is 5.13. The van der Waals surface area contributed by atoms with Crippen LogP contribution >= 0.6 is 0 Å². The molecule has 18 heavy (non-hydrogen) atoms. The Morgan fingerprint density at radius 1 is 1.56 bits per heavy atom. The van der Waals surface area contributed by atoms with E-state index in [1.807, 2.05) is 18.7 Å². The Hall–Kier alpha value is -1.49. The Kier molecular flexibility index (Phi) is 3.91. The van der Waals surface area contributed by atoms with E-state index >= 15 is 0 Å². The van der Waals surface area contributed by atoms with Crippen LogP contribution < -0.4 is 5.73 Å². The van der Waals surface area contributed by atoms with Crippen molar-refractivity contribution in [1.29, 1.82) is 0 Å². The zero-order valence-electron chi connectivity index (χ0n) is 11.0. The molecule has 1 aromatic rings. The molecule has 0 unspecified atom stereocenters. The summed E-state index contributed by atoms with van der Waals surface area (Å²) in [5.74, 6) is 0.222. The Morgan fingerprint density at radius 3 is 3.00 bits per heavy atom. The quantitative estimate of drug-likeness (QED) is 0.852. The molecule has 0 aliphatic carbocycles. The van der Waals surface area contributed by atoms with Gasteiger partial charge >= 0.3 is 0 Å². The van der Waals surface area contributed by atoms with E-state index in [4.69, 9.17) is 5.73 Å². The summed E-state index contributed by atoms with van der Waals surface area (Å²) in [6.07, 6.45) is 5.07. The highest BCUT2D eigenvalue weighted by molar-refractivity contribution is 5.95. The van der Waals surface area contributed by atoms with Crippen LogP contribution in [0.1, 0.15) is 48.7 Å². The zero-order chi connectivity index (χ0) is 13.1. The van der Waals surface area contributed by atoms with Crippen molar-refractivity contribution >= 4 is 5.91 Å². The highest BCUT2D eigenvalue weighted by Crippen LogP contribution is 2.19. The third kappa shape index (κ3) is 2.67. The number of aromatic nitrogens is 2. The van der Waals surface area contributed by atoms with Crippen molar-refractivity contribution < 1.29 is 4.79 Å². The van der Waals surface area contributed by atoms with Gasteiger partial charge in [0.2, 0.25) is 0 Å². The van der Waals surface area contributed by atoms with Gasteiger partial charge in [-0.2, -0.15) is 0 Å². The Bertz CT molecular complexity index is 433. The fourth-order valence-corrected chi connectivity index (χ4v) is 2.33. The van der Waals surface area contributed by atoms with Gasteiger partial charge in [0, 0.05) is 25.3 Å². The highest BCUT2D eigenvalue weighted by Gasteiger charge is 2.25. The van der Waals surface area contributed by atoms with Crippen LogP contribution in [0, 0.1) is 0 Å².